The number of hydrogen-bond acceptors (Lipinski definition) is 6. The SMILES string of the molecule is CC1CCC(C(C)C)C2(C1)OOC1(CCC(c3ccc(O)c(CN4CCCC4)c3)CC1)OO2. The van der Waals surface area contributed by atoms with Crippen molar-refractivity contribution in [1.29, 1.82) is 0 Å². The van der Waals surface area contributed by atoms with Gasteiger partial charge in [0.25, 0.3) is 0 Å². The van der Waals surface area contributed by atoms with E-state index in [1.807, 2.05) is 6.07 Å². The maximum atomic E-state index is 10.4. The van der Waals surface area contributed by atoms with Gasteiger partial charge in [0.15, 0.2) is 0 Å². The summed E-state index contributed by atoms with van der Waals surface area (Å²) in [6.07, 6.45) is 8.94. The molecule has 0 radical (unpaired) electrons. The van der Waals surface area contributed by atoms with Crippen molar-refractivity contribution in [3.63, 3.8) is 0 Å². The van der Waals surface area contributed by atoms with E-state index >= 15 is 0 Å². The Balaban J connectivity index is 1.21. The molecule has 0 bridgehead atoms. The Bertz CT molecular complexity index is 803. The molecule has 2 aliphatic carbocycles. The van der Waals surface area contributed by atoms with Crippen molar-refractivity contribution in [2.24, 2.45) is 17.8 Å². The predicted molar refractivity (Wildman–Crippen MR) is 125 cm³/mol. The second-order valence-electron chi connectivity index (χ2n) is 11.4. The first-order valence-corrected chi connectivity index (χ1v) is 13.2. The molecule has 2 saturated heterocycles. The van der Waals surface area contributed by atoms with Crippen LogP contribution in [0, 0.1) is 17.8 Å². The quantitative estimate of drug-likeness (QED) is 0.554. The van der Waals surface area contributed by atoms with E-state index in [4.69, 9.17) is 19.6 Å². The lowest BCUT2D eigenvalue weighted by molar-refractivity contribution is -0.671. The minimum absolute atomic E-state index is 0.272. The van der Waals surface area contributed by atoms with Gasteiger partial charge in [-0.25, -0.2) is 0 Å². The minimum Gasteiger partial charge on any atom is -0.508 e. The Morgan fingerprint density at radius 1 is 1.00 bits per heavy atom. The van der Waals surface area contributed by atoms with Gasteiger partial charge >= 0.3 is 0 Å². The van der Waals surface area contributed by atoms with E-state index in [-0.39, 0.29) is 5.92 Å². The largest absolute Gasteiger partial charge is 0.508 e. The van der Waals surface area contributed by atoms with Gasteiger partial charge in [-0.3, -0.25) is 4.90 Å². The van der Waals surface area contributed by atoms with Crippen LogP contribution in [0.4, 0.5) is 0 Å². The van der Waals surface area contributed by atoms with Gasteiger partial charge in [0.05, 0.1) is 0 Å². The van der Waals surface area contributed by atoms with E-state index in [2.05, 4.69) is 37.8 Å². The van der Waals surface area contributed by atoms with Gasteiger partial charge in [0.1, 0.15) is 5.75 Å². The molecule has 0 amide bonds. The average Bonchev–Trinajstić information content (AvgIpc) is 3.31. The number of benzene rings is 1. The summed E-state index contributed by atoms with van der Waals surface area (Å²) >= 11 is 0. The standard InChI is InChI=1S/C27H41NO5/c1-19(2)24-8-6-20(3)17-27(24)32-30-26(31-33-27)12-10-21(11-13-26)22-7-9-25(29)23(16-22)18-28-14-4-5-15-28/h7,9,16,19-21,24,29H,4-6,8,10-15,17-18H2,1-3H3. The fourth-order valence-electron chi connectivity index (χ4n) is 6.50. The molecule has 6 heteroatoms. The lowest BCUT2D eigenvalue weighted by Gasteiger charge is -2.51. The number of likely N-dealkylation sites (tertiary alicyclic amines) is 1. The fourth-order valence-corrected chi connectivity index (χ4v) is 6.50. The second-order valence-corrected chi connectivity index (χ2v) is 11.4. The molecule has 5 rings (SSSR count). The van der Waals surface area contributed by atoms with Crippen LogP contribution in [0.5, 0.6) is 5.75 Å². The molecule has 1 N–H and O–H groups in total. The smallest absolute Gasteiger partial charge is 0.237 e. The first-order chi connectivity index (χ1) is 15.9. The highest BCUT2D eigenvalue weighted by atomic mass is 17.4. The summed E-state index contributed by atoms with van der Waals surface area (Å²) in [6, 6.07) is 6.15. The van der Waals surface area contributed by atoms with Gasteiger partial charge in [-0.05, 0) is 74.6 Å². The summed E-state index contributed by atoms with van der Waals surface area (Å²) in [5.74, 6) is 0.489. The maximum absolute atomic E-state index is 10.4. The molecule has 2 atom stereocenters. The van der Waals surface area contributed by atoms with Gasteiger partial charge in [0, 0.05) is 37.3 Å². The van der Waals surface area contributed by atoms with Crippen molar-refractivity contribution in [3.8, 4) is 5.75 Å². The van der Waals surface area contributed by atoms with Gasteiger partial charge in [0.2, 0.25) is 11.6 Å². The number of hydrogen-bond donors (Lipinski definition) is 1. The van der Waals surface area contributed by atoms with Gasteiger partial charge in [-0.15, -0.1) is 0 Å². The van der Waals surface area contributed by atoms with Crippen LogP contribution in [-0.4, -0.2) is 34.7 Å². The minimum atomic E-state index is -0.806. The first-order valence-electron chi connectivity index (χ1n) is 13.2. The molecular weight excluding hydrogens is 418 g/mol. The van der Waals surface area contributed by atoms with E-state index in [9.17, 15) is 5.11 Å². The van der Waals surface area contributed by atoms with E-state index in [1.54, 1.807) is 0 Å². The summed E-state index contributed by atoms with van der Waals surface area (Å²) in [5.41, 5.74) is 2.34. The summed E-state index contributed by atoms with van der Waals surface area (Å²) in [5, 5.41) is 10.4. The third kappa shape index (κ3) is 4.83. The highest BCUT2D eigenvalue weighted by Crippen LogP contribution is 2.51. The molecule has 2 spiro atoms. The van der Waals surface area contributed by atoms with Crippen LogP contribution in [0.25, 0.3) is 0 Å². The Morgan fingerprint density at radius 2 is 1.70 bits per heavy atom. The molecule has 184 valence electrons. The van der Waals surface area contributed by atoms with E-state index in [1.165, 1.54) is 24.8 Å². The van der Waals surface area contributed by atoms with Crippen LogP contribution in [0.3, 0.4) is 0 Å². The van der Waals surface area contributed by atoms with Crippen LogP contribution in [0.2, 0.25) is 0 Å². The lowest BCUT2D eigenvalue weighted by Crippen LogP contribution is -2.58. The van der Waals surface area contributed by atoms with Crippen molar-refractivity contribution in [1.82, 2.24) is 4.90 Å². The molecule has 33 heavy (non-hydrogen) atoms. The molecule has 2 heterocycles. The molecule has 4 aliphatic rings. The molecule has 1 aromatic carbocycles. The van der Waals surface area contributed by atoms with Crippen molar-refractivity contribution in [3.05, 3.63) is 29.3 Å². The zero-order valence-corrected chi connectivity index (χ0v) is 20.6. The summed E-state index contributed by atoms with van der Waals surface area (Å²) in [6.45, 7) is 9.78. The molecule has 4 fully saturated rings. The lowest BCUT2D eigenvalue weighted by atomic mass is 9.73. The van der Waals surface area contributed by atoms with Crippen molar-refractivity contribution < 1.29 is 24.7 Å². The first kappa shape index (κ1) is 23.6. The number of nitrogens with zero attached hydrogens (tertiary/aromatic N) is 1. The number of phenols is 1. The zero-order valence-electron chi connectivity index (χ0n) is 20.6. The summed E-state index contributed by atoms with van der Waals surface area (Å²) < 4.78 is 0. The monoisotopic (exact) mass is 459 g/mol. The summed E-state index contributed by atoms with van der Waals surface area (Å²) in [7, 11) is 0. The third-order valence-corrected chi connectivity index (χ3v) is 8.56. The predicted octanol–water partition coefficient (Wildman–Crippen LogP) is 6.04. The normalized spacial score (nSPS) is 37.9. The van der Waals surface area contributed by atoms with Crippen LogP contribution >= 0.6 is 0 Å². The van der Waals surface area contributed by atoms with Crippen molar-refractivity contribution in [2.75, 3.05) is 13.1 Å². The molecule has 0 aromatic heterocycles. The van der Waals surface area contributed by atoms with Gasteiger partial charge in [-0.1, -0.05) is 39.3 Å². The highest BCUT2D eigenvalue weighted by Gasteiger charge is 2.56. The number of phenolic OH excluding ortho intramolecular Hbond substituents is 1. The van der Waals surface area contributed by atoms with E-state index in [0.29, 0.717) is 23.5 Å². The molecule has 2 unspecified atom stereocenters. The van der Waals surface area contributed by atoms with Crippen LogP contribution < -0.4 is 0 Å². The number of aromatic hydroxyl groups is 1. The third-order valence-electron chi connectivity index (χ3n) is 8.56. The van der Waals surface area contributed by atoms with Crippen LogP contribution in [-0.2, 0) is 26.1 Å². The van der Waals surface area contributed by atoms with E-state index in [0.717, 1.165) is 63.7 Å². The van der Waals surface area contributed by atoms with Crippen LogP contribution in [0.1, 0.15) is 95.6 Å². The Kier molecular flexibility index (Phi) is 6.75. The molecule has 2 aliphatic heterocycles. The topological polar surface area (TPSA) is 60.4 Å². The Labute approximate surface area is 198 Å². The van der Waals surface area contributed by atoms with Gasteiger partial charge in [-0.2, -0.15) is 19.6 Å². The number of rotatable bonds is 4. The summed E-state index contributed by atoms with van der Waals surface area (Å²) in [4.78, 5) is 26.7. The zero-order chi connectivity index (χ0) is 23.1. The highest BCUT2D eigenvalue weighted by molar-refractivity contribution is 5.38. The Morgan fingerprint density at radius 3 is 2.36 bits per heavy atom. The molecule has 2 saturated carbocycles. The molecular formula is C27H41NO5. The van der Waals surface area contributed by atoms with Crippen molar-refractivity contribution >= 4 is 0 Å². The van der Waals surface area contributed by atoms with Crippen molar-refractivity contribution in [2.45, 2.75) is 103 Å². The average molecular weight is 460 g/mol. The molecule has 1 aromatic rings. The second kappa shape index (κ2) is 9.46. The maximum Gasteiger partial charge on any atom is 0.237 e. The van der Waals surface area contributed by atoms with Gasteiger partial charge < -0.3 is 5.11 Å². The molecule has 6 nitrogen and oxygen atoms in total. The van der Waals surface area contributed by atoms with E-state index < -0.39 is 11.6 Å². The van der Waals surface area contributed by atoms with Crippen LogP contribution in [0.15, 0.2) is 18.2 Å². The Hall–Kier alpha value is -1.18. The fraction of sp³-hybridized carbons (Fsp3) is 0.778.